The van der Waals surface area contributed by atoms with Crippen LogP contribution < -0.4 is 10.6 Å². The summed E-state index contributed by atoms with van der Waals surface area (Å²) in [4.78, 5) is 24.2. The van der Waals surface area contributed by atoms with E-state index < -0.39 is 24.6 Å². The fourth-order valence-corrected chi connectivity index (χ4v) is 2.53. The summed E-state index contributed by atoms with van der Waals surface area (Å²) in [5.41, 5.74) is 0. The molecule has 0 aliphatic carbocycles. The van der Waals surface area contributed by atoms with Crippen LogP contribution >= 0.6 is 11.8 Å². The lowest BCUT2D eigenvalue weighted by molar-refractivity contribution is -0.140. The van der Waals surface area contributed by atoms with Gasteiger partial charge in [0.2, 0.25) is 0 Å². The molecular formula is C10H19N3O4S. The number of rotatable bonds is 6. The van der Waals surface area contributed by atoms with Crippen molar-refractivity contribution in [1.29, 1.82) is 0 Å². The summed E-state index contributed by atoms with van der Waals surface area (Å²) in [6, 6.07) is -1.82. The van der Waals surface area contributed by atoms with Gasteiger partial charge in [-0.05, 0) is 0 Å². The molecule has 1 fully saturated rings. The second-order valence-corrected chi connectivity index (χ2v) is 5.15. The van der Waals surface area contributed by atoms with Crippen molar-refractivity contribution in [3.8, 4) is 0 Å². The van der Waals surface area contributed by atoms with Crippen LogP contribution in [-0.2, 0) is 4.79 Å². The van der Waals surface area contributed by atoms with E-state index in [0.717, 1.165) is 31.1 Å². The molecule has 7 nitrogen and oxygen atoms in total. The minimum absolute atomic E-state index is 0.467. The van der Waals surface area contributed by atoms with E-state index in [-0.39, 0.29) is 0 Å². The molecule has 1 rings (SSSR count). The number of hydrogen-bond donors (Lipinski definition) is 4. The molecular weight excluding hydrogens is 258 g/mol. The summed E-state index contributed by atoms with van der Waals surface area (Å²) in [7, 11) is 0. The van der Waals surface area contributed by atoms with Crippen LogP contribution in [0.3, 0.4) is 0 Å². The van der Waals surface area contributed by atoms with Crippen LogP contribution in [0.4, 0.5) is 4.79 Å². The normalized spacial score (nSPS) is 18.1. The third-order valence-electron chi connectivity index (χ3n) is 2.60. The first kappa shape index (κ1) is 15.1. The summed E-state index contributed by atoms with van der Waals surface area (Å²) in [6.07, 6.45) is 0. The summed E-state index contributed by atoms with van der Waals surface area (Å²) in [5, 5.41) is 22.1. The summed E-state index contributed by atoms with van der Waals surface area (Å²) in [5.74, 6) is 0.969. The molecule has 1 atom stereocenters. The molecule has 1 aliphatic heterocycles. The Morgan fingerprint density at radius 3 is 2.56 bits per heavy atom. The van der Waals surface area contributed by atoms with Gasteiger partial charge in [-0.15, -0.1) is 0 Å². The first-order valence-corrected chi connectivity index (χ1v) is 6.97. The molecule has 0 aromatic carbocycles. The van der Waals surface area contributed by atoms with Gasteiger partial charge < -0.3 is 20.8 Å². The number of aliphatic hydroxyl groups is 1. The monoisotopic (exact) mass is 277 g/mol. The number of nitrogens with zero attached hydrogens (tertiary/aromatic N) is 1. The number of amides is 2. The first-order chi connectivity index (χ1) is 8.63. The Balaban J connectivity index is 2.14. The number of carbonyl (C=O) groups is 2. The maximum absolute atomic E-state index is 11.3. The molecule has 8 heteroatoms. The average molecular weight is 277 g/mol. The van der Waals surface area contributed by atoms with Crippen LogP contribution in [0.2, 0.25) is 0 Å². The second-order valence-electron chi connectivity index (χ2n) is 3.93. The SMILES string of the molecule is O=C(NCCN1CCSCC1)NC(CO)C(=O)O. The van der Waals surface area contributed by atoms with E-state index in [9.17, 15) is 9.59 Å². The van der Waals surface area contributed by atoms with E-state index in [4.69, 9.17) is 10.2 Å². The number of aliphatic carboxylic acids is 1. The van der Waals surface area contributed by atoms with Gasteiger partial charge >= 0.3 is 12.0 Å². The quantitative estimate of drug-likeness (QED) is 0.485. The van der Waals surface area contributed by atoms with Gasteiger partial charge in [-0.2, -0.15) is 11.8 Å². The molecule has 0 bridgehead atoms. The number of carboxylic acids is 1. The number of hydrogen-bond acceptors (Lipinski definition) is 5. The molecule has 0 radical (unpaired) electrons. The van der Waals surface area contributed by atoms with E-state index in [1.165, 1.54) is 0 Å². The lowest BCUT2D eigenvalue weighted by atomic mass is 10.3. The fourth-order valence-electron chi connectivity index (χ4n) is 1.55. The highest BCUT2D eigenvalue weighted by atomic mass is 32.2. The molecule has 4 N–H and O–H groups in total. The number of urea groups is 1. The topological polar surface area (TPSA) is 102 Å². The Bertz CT molecular complexity index is 284. The Labute approximate surface area is 110 Å². The van der Waals surface area contributed by atoms with Crippen molar-refractivity contribution in [2.75, 3.05) is 44.3 Å². The van der Waals surface area contributed by atoms with Crippen LogP contribution in [0.5, 0.6) is 0 Å². The minimum atomic E-state index is -1.25. The van der Waals surface area contributed by atoms with Crippen LogP contribution in [-0.4, -0.2) is 77.4 Å². The highest BCUT2D eigenvalue weighted by Crippen LogP contribution is 2.07. The van der Waals surface area contributed by atoms with Crippen molar-refractivity contribution in [2.24, 2.45) is 0 Å². The average Bonchev–Trinajstić information content (AvgIpc) is 2.37. The van der Waals surface area contributed by atoms with Crippen molar-refractivity contribution in [3.63, 3.8) is 0 Å². The smallest absolute Gasteiger partial charge is 0.328 e. The van der Waals surface area contributed by atoms with Gasteiger partial charge in [0, 0.05) is 37.7 Å². The van der Waals surface area contributed by atoms with E-state index in [1.807, 2.05) is 11.8 Å². The summed E-state index contributed by atoms with van der Waals surface area (Å²) in [6.45, 7) is 2.63. The Hall–Kier alpha value is -0.990. The molecule has 1 unspecified atom stereocenters. The minimum Gasteiger partial charge on any atom is -0.480 e. The zero-order valence-corrected chi connectivity index (χ0v) is 10.9. The molecule has 0 saturated carbocycles. The third-order valence-corrected chi connectivity index (χ3v) is 3.55. The molecule has 0 aromatic heterocycles. The largest absolute Gasteiger partial charge is 0.480 e. The van der Waals surface area contributed by atoms with Gasteiger partial charge in [-0.1, -0.05) is 0 Å². The van der Waals surface area contributed by atoms with Gasteiger partial charge in [0.1, 0.15) is 0 Å². The van der Waals surface area contributed by atoms with Gasteiger partial charge in [-0.25, -0.2) is 9.59 Å². The van der Waals surface area contributed by atoms with E-state index >= 15 is 0 Å². The lowest BCUT2D eigenvalue weighted by Gasteiger charge is -2.26. The maximum atomic E-state index is 11.3. The Kier molecular flexibility index (Phi) is 6.84. The molecule has 0 aromatic rings. The van der Waals surface area contributed by atoms with Crippen molar-refractivity contribution in [1.82, 2.24) is 15.5 Å². The van der Waals surface area contributed by atoms with Crippen LogP contribution in [0.15, 0.2) is 0 Å². The highest BCUT2D eigenvalue weighted by molar-refractivity contribution is 7.99. The van der Waals surface area contributed by atoms with Gasteiger partial charge in [0.05, 0.1) is 6.61 Å². The van der Waals surface area contributed by atoms with Crippen LogP contribution in [0.1, 0.15) is 0 Å². The molecule has 104 valence electrons. The molecule has 1 saturated heterocycles. The number of nitrogens with one attached hydrogen (secondary N) is 2. The van der Waals surface area contributed by atoms with Crippen molar-refractivity contribution in [3.05, 3.63) is 0 Å². The predicted molar refractivity (Wildman–Crippen MR) is 68.8 cm³/mol. The van der Waals surface area contributed by atoms with Crippen molar-refractivity contribution in [2.45, 2.75) is 6.04 Å². The van der Waals surface area contributed by atoms with Gasteiger partial charge in [0.25, 0.3) is 0 Å². The van der Waals surface area contributed by atoms with Gasteiger partial charge in [-0.3, -0.25) is 4.90 Å². The Morgan fingerprint density at radius 2 is 2.00 bits per heavy atom. The van der Waals surface area contributed by atoms with Crippen LogP contribution in [0, 0.1) is 0 Å². The number of carbonyl (C=O) groups excluding carboxylic acids is 1. The number of aliphatic hydroxyl groups excluding tert-OH is 1. The van der Waals surface area contributed by atoms with Crippen LogP contribution in [0.25, 0.3) is 0 Å². The third kappa shape index (κ3) is 5.56. The van der Waals surface area contributed by atoms with E-state index in [0.29, 0.717) is 6.54 Å². The zero-order chi connectivity index (χ0) is 13.4. The number of carboxylic acid groups (broad SMARTS) is 1. The van der Waals surface area contributed by atoms with E-state index in [2.05, 4.69) is 15.5 Å². The van der Waals surface area contributed by atoms with Crippen molar-refractivity contribution >= 4 is 23.8 Å². The summed E-state index contributed by atoms with van der Waals surface area (Å²) < 4.78 is 0. The lowest BCUT2D eigenvalue weighted by Crippen LogP contribution is -2.49. The van der Waals surface area contributed by atoms with Crippen molar-refractivity contribution < 1.29 is 19.8 Å². The molecule has 1 aliphatic rings. The molecule has 0 spiro atoms. The van der Waals surface area contributed by atoms with E-state index in [1.54, 1.807) is 0 Å². The molecule has 2 amide bonds. The highest BCUT2D eigenvalue weighted by Gasteiger charge is 2.18. The molecule has 1 heterocycles. The molecule has 18 heavy (non-hydrogen) atoms. The second kappa shape index (κ2) is 8.17. The summed E-state index contributed by atoms with van der Waals surface area (Å²) >= 11 is 1.92. The zero-order valence-electron chi connectivity index (χ0n) is 10.1. The van der Waals surface area contributed by atoms with Gasteiger partial charge in [0.15, 0.2) is 6.04 Å². The fraction of sp³-hybridized carbons (Fsp3) is 0.800. The predicted octanol–water partition coefficient (Wildman–Crippen LogP) is -1.22. The maximum Gasteiger partial charge on any atom is 0.328 e. The Morgan fingerprint density at radius 1 is 1.33 bits per heavy atom. The first-order valence-electron chi connectivity index (χ1n) is 5.81. The standard InChI is InChI=1S/C10H19N3O4S/c14-7-8(9(15)16)12-10(17)11-1-2-13-3-5-18-6-4-13/h8,14H,1-7H2,(H,15,16)(H2,11,12,17). The number of thioether (sulfide) groups is 1.